The summed E-state index contributed by atoms with van der Waals surface area (Å²) < 4.78 is 5.94. The molecule has 0 aromatic carbocycles. The monoisotopic (exact) mass is 355 g/mol. The van der Waals surface area contributed by atoms with E-state index >= 15 is 0 Å². The van der Waals surface area contributed by atoms with E-state index in [1.54, 1.807) is 6.92 Å². The van der Waals surface area contributed by atoms with Crippen molar-refractivity contribution in [1.82, 2.24) is 0 Å². The zero-order valence-electron chi connectivity index (χ0n) is 16.5. The predicted octanol–water partition coefficient (Wildman–Crippen LogP) is 2.83. The van der Waals surface area contributed by atoms with Crippen molar-refractivity contribution in [3.8, 4) is 0 Å². The highest BCUT2D eigenvalue weighted by Gasteiger charge is 2.13. The van der Waals surface area contributed by atoms with Gasteiger partial charge in [0, 0.05) is 18.0 Å². The van der Waals surface area contributed by atoms with Crippen LogP contribution in [0, 0.1) is 0 Å². The van der Waals surface area contributed by atoms with Crippen LogP contribution in [0.3, 0.4) is 0 Å². The lowest BCUT2D eigenvalue weighted by molar-refractivity contribution is -0.890. The number of esters is 1. The molecule has 0 atom stereocenters. The lowest BCUT2D eigenvalue weighted by atomic mass is 10.1. The third kappa shape index (κ3) is 15.9. The number of carbonyl (C=O) groups is 2. The molecule has 0 aliphatic rings. The van der Waals surface area contributed by atoms with Gasteiger partial charge >= 0.3 is 5.97 Å². The first kappa shape index (κ1) is 23.6. The smallest absolute Gasteiger partial charge is 0.333 e. The van der Waals surface area contributed by atoms with Crippen LogP contribution < -0.4 is 5.11 Å². The van der Waals surface area contributed by atoms with Crippen LogP contribution in [0.2, 0.25) is 0 Å². The van der Waals surface area contributed by atoms with Gasteiger partial charge in [0.05, 0.1) is 33.8 Å². The Labute approximate surface area is 153 Å². The molecule has 0 amide bonds. The van der Waals surface area contributed by atoms with Gasteiger partial charge < -0.3 is 19.1 Å². The van der Waals surface area contributed by atoms with Crippen LogP contribution in [-0.2, 0) is 14.3 Å². The van der Waals surface area contributed by atoms with E-state index in [2.05, 4.69) is 20.7 Å². The van der Waals surface area contributed by atoms with Crippen LogP contribution in [0.25, 0.3) is 0 Å². The van der Waals surface area contributed by atoms with E-state index in [9.17, 15) is 14.7 Å². The molecule has 0 aromatic heterocycles. The largest absolute Gasteiger partial charge is 0.550 e. The maximum absolute atomic E-state index is 11.2. The average Bonchev–Trinajstić information content (AvgIpc) is 2.51. The summed E-state index contributed by atoms with van der Waals surface area (Å²) >= 11 is 0. The van der Waals surface area contributed by atoms with Gasteiger partial charge in [-0.1, -0.05) is 38.7 Å². The Balaban J connectivity index is 3.39. The first-order valence-electron chi connectivity index (χ1n) is 9.59. The molecule has 0 saturated carbocycles. The van der Waals surface area contributed by atoms with Gasteiger partial charge in [0.2, 0.25) is 0 Å². The van der Waals surface area contributed by atoms with Crippen LogP contribution >= 0.6 is 0 Å². The summed E-state index contributed by atoms with van der Waals surface area (Å²) in [5.41, 5.74) is 0.459. The molecule has 5 nitrogen and oxygen atoms in total. The lowest BCUT2D eigenvalue weighted by Crippen LogP contribution is -2.41. The summed E-state index contributed by atoms with van der Waals surface area (Å²) in [6.07, 6.45) is 10.2. The van der Waals surface area contributed by atoms with Crippen molar-refractivity contribution in [2.24, 2.45) is 0 Å². The second kappa shape index (κ2) is 13.9. The third-order valence-electron chi connectivity index (χ3n) is 4.38. The molecule has 0 radical (unpaired) electrons. The van der Waals surface area contributed by atoms with Crippen molar-refractivity contribution < 1.29 is 23.9 Å². The fourth-order valence-corrected chi connectivity index (χ4v) is 2.75. The Hall–Kier alpha value is -1.36. The Morgan fingerprint density at radius 2 is 1.36 bits per heavy atom. The topological polar surface area (TPSA) is 66.4 Å². The summed E-state index contributed by atoms with van der Waals surface area (Å²) in [4.78, 5) is 21.6. The molecule has 0 aromatic rings. The number of hydrogen-bond donors (Lipinski definition) is 0. The van der Waals surface area contributed by atoms with E-state index in [1.165, 1.54) is 38.5 Å². The molecule has 25 heavy (non-hydrogen) atoms. The Bertz CT molecular complexity index is 405. The highest BCUT2D eigenvalue weighted by molar-refractivity contribution is 5.86. The quantitative estimate of drug-likeness (QED) is 0.185. The van der Waals surface area contributed by atoms with Crippen LogP contribution in [0.15, 0.2) is 12.2 Å². The fourth-order valence-electron chi connectivity index (χ4n) is 2.75. The molecule has 0 heterocycles. The van der Waals surface area contributed by atoms with Gasteiger partial charge in [-0.2, -0.15) is 0 Å². The zero-order chi connectivity index (χ0) is 19.1. The summed E-state index contributed by atoms with van der Waals surface area (Å²) in [5.74, 6) is -1.24. The van der Waals surface area contributed by atoms with Crippen LogP contribution in [0.4, 0.5) is 0 Å². The van der Waals surface area contributed by atoms with E-state index < -0.39 is 5.97 Å². The number of carbonyl (C=O) groups excluding carboxylic acids is 2. The van der Waals surface area contributed by atoms with Crippen LogP contribution in [0.5, 0.6) is 0 Å². The highest BCUT2D eigenvalue weighted by atomic mass is 16.5. The minimum atomic E-state index is -0.950. The van der Waals surface area contributed by atoms with E-state index in [4.69, 9.17) is 4.74 Å². The molecule has 0 rings (SSSR count). The fraction of sp³-hybridized carbons (Fsp3) is 0.800. The predicted molar refractivity (Wildman–Crippen MR) is 98.8 cm³/mol. The van der Waals surface area contributed by atoms with Crippen molar-refractivity contribution in [3.63, 3.8) is 0 Å². The summed E-state index contributed by atoms with van der Waals surface area (Å²) in [5, 5.41) is 10.4. The molecule has 0 spiro atoms. The lowest BCUT2D eigenvalue weighted by Gasteiger charge is -2.30. The number of carboxylic acids is 1. The number of rotatable bonds is 16. The van der Waals surface area contributed by atoms with Gasteiger partial charge in [-0.25, -0.2) is 4.79 Å². The van der Waals surface area contributed by atoms with Crippen molar-refractivity contribution in [3.05, 3.63) is 12.2 Å². The standard InChI is InChI=1S/C20H37NO4/c1-18(2)20(24)25-17-12-10-8-6-5-7-9-11-15-21(3,4)16-13-14-19(22)23/h1,5-17H2,2-4H3. The molecule has 0 bridgehead atoms. The second-order valence-corrected chi connectivity index (χ2v) is 7.60. The Kier molecular flexibility index (Phi) is 13.1. The van der Waals surface area contributed by atoms with Crippen molar-refractivity contribution in [1.29, 1.82) is 0 Å². The number of carboxylic acid groups (broad SMARTS) is 1. The van der Waals surface area contributed by atoms with Gasteiger partial charge in [-0.3, -0.25) is 0 Å². The molecular formula is C20H37NO4. The number of quaternary nitrogens is 1. The van der Waals surface area contributed by atoms with Crippen molar-refractivity contribution in [2.75, 3.05) is 33.8 Å². The van der Waals surface area contributed by atoms with Gasteiger partial charge in [0.15, 0.2) is 0 Å². The van der Waals surface area contributed by atoms with E-state index in [0.717, 1.165) is 30.4 Å². The van der Waals surface area contributed by atoms with Gasteiger partial charge in [0.25, 0.3) is 0 Å². The van der Waals surface area contributed by atoms with Crippen molar-refractivity contribution in [2.45, 2.75) is 71.1 Å². The minimum Gasteiger partial charge on any atom is -0.550 e. The molecule has 0 unspecified atom stereocenters. The molecule has 0 fully saturated rings. The van der Waals surface area contributed by atoms with Crippen molar-refractivity contribution >= 4 is 11.9 Å². The number of hydrogen-bond acceptors (Lipinski definition) is 4. The zero-order valence-corrected chi connectivity index (χ0v) is 16.5. The normalized spacial score (nSPS) is 11.3. The SMILES string of the molecule is C=C(C)C(=O)OCCCCCCCCCC[N+](C)(C)CCCC(=O)[O-]. The Morgan fingerprint density at radius 1 is 0.880 bits per heavy atom. The summed E-state index contributed by atoms with van der Waals surface area (Å²) in [6.45, 7) is 7.70. The molecule has 0 aliphatic carbocycles. The van der Waals surface area contributed by atoms with Crippen LogP contribution in [-0.4, -0.2) is 50.2 Å². The second-order valence-electron chi connectivity index (χ2n) is 7.60. The highest BCUT2D eigenvalue weighted by Crippen LogP contribution is 2.11. The molecule has 0 aliphatic heterocycles. The van der Waals surface area contributed by atoms with E-state index in [1.807, 2.05) is 0 Å². The maximum atomic E-state index is 11.2. The number of nitrogens with zero attached hydrogens (tertiary/aromatic N) is 1. The molecule has 0 N–H and O–H groups in total. The third-order valence-corrected chi connectivity index (χ3v) is 4.38. The number of ether oxygens (including phenoxy) is 1. The maximum Gasteiger partial charge on any atom is 0.333 e. The first-order chi connectivity index (χ1) is 11.7. The molecule has 146 valence electrons. The van der Waals surface area contributed by atoms with Gasteiger partial charge in [0.1, 0.15) is 0 Å². The van der Waals surface area contributed by atoms with Crippen LogP contribution in [0.1, 0.15) is 71.1 Å². The van der Waals surface area contributed by atoms with Gasteiger partial charge in [-0.05, 0) is 32.6 Å². The average molecular weight is 356 g/mol. The summed E-state index contributed by atoms with van der Waals surface area (Å²) in [7, 11) is 4.33. The summed E-state index contributed by atoms with van der Waals surface area (Å²) in [6, 6.07) is 0. The number of aliphatic carboxylic acids is 1. The minimum absolute atomic E-state index is 0.161. The Morgan fingerprint density at radius 3 is 1.88 bits per heavy atom. The van der Waals surface area contributed by atoms with E-state index in [-0.39, 0.29) is 12.4 Å². The number of unbranched alkanes of at least 4 members (excludes halogenated alkanes) is 7. The molecule has 5 heteroatoms. The van der Waals surface area contributed by atoms with E-state index in [0.29, 0.717) is 18.6 Å². The molecular weight excluding hydrogens is 318 g/mol. The van der Waals surface area contributed by atoms with Gasteiger partial charge in [-0.15, -0.1) is 0 Å². The first-order valence-corrected chi connectivity index (χ1v) is 9.59. The molecule has 0 saturated heterocycles.